The van der Waals surface area contributed by atoms with Crippen LogP contribution in [-0.4, -0.2) is 79.9 Å². The number of thiophene rings is 1. The maximum atomic E-state index is 12.0. The Bertz CT molecular complexity index is 575. The van der Waals surface area contributed by atoms with Gasteiger partial charge in [-0.25, -0.2) is 4.99 Å². The molecule has 1 amide bonds. The number of rotatable bonds is 8. The lowest BCUT2D eigenvalue weighted by Gasteiger charge is -2.24. The number of nitrogens with one attached hydrogen (secondary N) is 1. The fourth-order valence-electron chi connectivity index (χ4n) is 3.15. The molecule has 154 valence electrons. The molecule has 2 rings (SSSR count). The number of halogens is 1. The van der Waals surface area contributed by atoms with Gasteiger partial charge in [0.15, 0.2) is 5.96 Å². The van der Waals surface area contributed by atoms with E-state index in [0.29, 0.717) is 5.92 Å². The number of likely N-dealkylation sites (tertiary alicyclic amines) is 1. The van der Waals surface area contributed by atoms with Gasteiger partial charge in [-0.15, -0.1) is 35.3 Å². The van der Waals surface area contributed by atoms with Crippen LogP contribution in [0, 0.1) is 5.92 Å². The molecule has 1 aliphatic rings. The van der Waals surface area contributed by atoms with Crippen LogP contribution < -0.4 is 5.32 Å². The van der Waals surface area contributed by atoms with E-state index >= 15 is 0 Å². The minimum atomic E-state index is 0. The second-order valence-electron chi connectivity index (χ2n) is 6.95. The smallest absolute Gasteiger partial charge is 0.243 e. The van der Waals surface area contributed by atoms with Crippen LogP contribution in [0.15, 0.2) is 22.5 Å². The van der Waals surface area contributed by atoms with E-state index in [0.717, 1.165) is 45.2 Å². The highest BCUT2D eigenvalue weighted by molar-refractivity contribution is 14.0. The minimum Gasteiger partial charge on any atom is -0.351 e. The summed E-state index contributed by atoms with van der Waals surface area (Å²) in [5.74, 6) is 1.54. The third kappa shape index (κ3) is 7.95. The molecule has 1 fully saturated rings. The fourth-order valence-corrected chi connectivity index (χ4v) is 3.80. The number of guanidine groups is 1. The van der Waals surface area contributed by atoms with Gasteiger partial charge in [-0.3, -0.25) is 4.79 Å². The van der Waals surface area contributed by atoms with Crippen LogP contribution in [0.1, 0.15) is 25.1 Å². The second kappa shape index (κ2) is 12.6. The molecule has 1 N–H and O–H groups in total. The van der Waals surface area contributed by atoms with Crippen LogP contribution in [0.25, 0.3) is 0 Å². The van der Waals surface area contributed by atoms with E-state index in [1.165, 1.54) is 11.3 Å². The Hall–Kier alpha value is -0.870. The Morgan fingerprint density at radius 2 is 2.11 bits per heavy atom. The van der Waals surface area contributed by atoms with Crippen molar-refractivity contribution in [2.75, 3.05) is 53.4 Å². The molecule has 27 heavy (non-hydrogen) atoms. The Balaban J connectivity index is 0.00000364. The van der Waals surface area contributed by atoms with Crippen LogP contribution >= 0.6 is 35.3 Å². The van der Waals surface area contributed by atoms with Crippen LogP contribution in [0.3, 0.4) is 0 Å². The molecule has 0 saturated carbocycles. The van der Waals surface area contributed by atoms with Crippen molar-refractivity contribution >= 4 is 47.2 Å². The molecule has 2 heterocycles. The van der Waals surface area contributed by atoms with Gasteiger partial charge in [0.05, 0.1) is 6.54 Å². The van der Waals surface area contributed by atoms with Gasteiger partial charge in [-0.1, -0.05) is 19.9 Å². The summed E-state index contributed by atoms with van der Waals surface area (Å²) < 4.78 is 0. The first-order valence-corrected chi connectivity index (χ1v) is 10.4. The van der Waals surface area contributed by atoms with Crippen molar-refractivity contribution in [1.82, 2.24) is 20.0 Å². The van der Waals surface area contributed by atoms with Gasteiger partial charge in [0.25, 0.3) is 0 Å². The summed E-state index contributed by atoms with van der Waals surface area (Å²) in [5, 5.41) is 5.54. The lowest BCUT2D eigenvalue weighted by molar-refractivity contribution is -0.127. The molecule has 6 nitrogen and oxygen atoms in total. The van der Waals surface area contributed by atoms with Crippen LogP contribution in [-0.2, 0) is 11.3 Å². The zero-order valence-corrected chi connectivity index (χ0v) is 20.1. The molecule has 1 saturated heterocycles. The zero-order chi connectivity index (χ0) is 18.9. The summed E-state index contributed by atoms with van der Waals surface area (Å²) in [6, 6.07) is 4.18. The van der Waals surface area contributed by atoms with E-state index in [4.69, 9.17) is 0 Å². The molecule has 1 unspecified atom stereocenters. The third-order valence-electron chi connectivity index (χ3n) is 4.86. The first-order valence-electron chi connectivity index (χ1n) is 9.51. The summed E-state index contributed by atoms with van der Waals surface area (Å²) in [5.41, 5.74) is 0. The molecule has 0 spiro atoms. The summed E-state index contributed by atoms with van der Waals surface area (Å²) in [4.78, 5) is 24.2. The lowest BCUT2D eigenvalue weighted by atomic mass is 10.1. The molecule has 1 atom stereocenters. The number of aliphatic imine (C=N–C) groups is 1. The van der Waals surface area contributed by atoms with E-state index in [-0.39, 0.29) is 36.4 Å². The molecule has 0 bridgehead atoms. The molecule has 0 aliphatic carbocycles. The average Bonchev–Trinajstić information content (AvgIpc) is 3.31. The third-order valence-corrected chi connectivity index (χ3v) is 5.74. The SMILES string of the molecule is CCN(CC)CC1CCN(C(=NCC(=O)N(C)C)NCc2cccs2)C1.I. The van der Waals surface area contributed by atoms with E-state index in [2.05, 4.69) is 51.5 Å². The molecule has 1 aromatic heterocycles. The second-order valence-corrected chi connectivity index (χ2v) is 7.98. The molecular weight excluding hydrogens is 473 g/mol. The average molecular weight is 507 g/mol. The maximum absolute atomic E-state index is 12.0. The molecule has 0 radical (unpaired) electrons. The standard InChI is InChI=1S/C19H33N5OS.HI/c1-5-23(6-2)14-16-9-10-24(15-16)19(21-13-18(25)22(3)4)20-12-17-8-7-11-26-17;/h7-8,11,16H,5-6,9-10,12-15H2,1-4H3,(H,20,21);1H. The number of nitrogens with zero attached hydrogens (tertiary/aromatic N) is 4. The molecule has 1 aromatic rings. The summed E-state index contributed by atoms with van der Waals surface area (Å²) >= 11 is 1.73. The lowest BCUT2D eigenvalue weighted by Crippen LogP contribution is -2.41. The van der Waals surface area contributed by atoms with Gasteiger partial charge < -0.3 is 20.0 Å². The first kappa shape index (κ1) is 24.2. The summed E-state index contributed by atoms with van der Waals surface area (Å²) in [6.07, 6.45) is 1.18. The maximum Gasteiger partial charge on any atom is 0.243 e. The normalized spacial score (nSPS) is 17.1. The number of likely N-dealkylation sites (N-methyl/N-ethyl adjacent to an activating group) is 1. The van der Waals surface area contributed by atoms with Crippen molar-refractivity contribution in [1.29, 1.82) is 0 Å². The molecular formula is C19H34IN5OS. The highest BCUT2D eigenvalue weighted by atomic mass is 127. The van der Waals surface area contributed by atoms with Crippen LogP contribution in [0.2, 0.25) is 0 Å². The topological polar surface area (TPSA) is 51.2 Å². The number of amides is 1. The predicted octanol–water partition coefficient (Wildman–Crippen LogP) is 2.56. The number of hydrogen-bond donors (Lipinski definition) is 1. The van der Waals surface area contributed by atoms with Crippen molar-refractivity contribution in [2.45, 2.75) is 26.8 Å². The van der Waals surface area contributed by atoms with Crippen molar-refractivity contribution in [3.8, 4) is 0 Å². The van der Waals surface area contributed by atoms with Gasteiger partial charge >= 0.3 is 0 Å². The summed E-state index contributed by atoms with van der Waals surface area (Å²) in [7, 11) is 3.54. The van der Waals surface area contributed by atoms with Crippen molar-refractivity contribution in [3.63, 3.8) is 0 Å². The Labute approximate surface area is 185 Å². The minimum absolute atomic E-state index is 0. The summed E-state index contributed by atoms with van der Waals surface area (Å²) in [6.45, 7) is 10.7. The Morgan fingerprint density at radius 1 is 1.37 bits per heavy atom. The fraction of sp³-hybridized carbons (Fsp3) is 0.684. The quantitative estimate of drug-likeness (QED) is 0.334. The van der Waals surface area contributed by atoms with E-state index in [1.54, 1.807) is 30.3 Å². The molecule has 0 aromatic carbocycles. The highest BCUT2D eigenvalue weighted by Crippen LogP contribution is 2.18. The molecule has 1 aliphatic heterocycles. The number of carbonyl (C=O) groups excluding carboxylic acids is 1. The predicted molar refractivity (Wildman–Crippen MR) is 125 cm³/mol. The van der Waals surface area contributed by atoms with Gasteiger partial charge in [0.1, 0.15) is 6.54 Å². The van der Waals surface area contributed by atoms with Crippen molar-refractivity contribution < 1.29 is 4.79 Å². The first-order chi connectivity index (χ1) is 12.5. The molecule has 8 heteroatoms. The van der Waals surface area contributed by atoms with Gasteiger partial charge in [0, 0.05) is 38.6 Å². The van der Waals surface area contributed by atoms with Gasteiger partial charge in [-0.2, -0.15) is 0 Å². The van der Waals surface area contributed by atoms with Gasteiger partial charge in [0.2, 0.25) is 5.91 Å². The number of hydrogen-bond acceptors (Lipinski definition) is 4. The van der Waals surface area contributed by atoms with E-state index in [1.807, 2.05) is 0 Å². The highest BCUT2D eigenvalue weighted by Gasteiger charge is 2.26. The van der Waals surface area contributed by atoms with E-state index in [9.17, 15) is 4.79 Å². The van der Waals surface area contributed by atoms with Crippen molar-refractivity contribution in [2.24, 2.45) is 10.9 Å². The van der Waals surface area contributed by atoms with E-state index < -0.39 is 0 Å². The Morgan fingerprint density at radius 3 is 2.70 bits per heavy atom. The van der Waals surface area contributed by atoms with Crippen LogP contribution in [0.5, 0.6) is 0 Å². The van der Waals surface area contributed by atoms with Gasteiger partial charge in [-0.05, 0) is 36.9 Å². The monoisotopic (exact) mass is 507 g/mol. The number of carbonyl (C=O) groups is 1. The largest absolute Gasteiger partial charge is 0.351 e. The Kier molecular flexibility index (Phi) is 11.2. The zero-order valence-electron chi connectivity index (χ0n) is 17.0. The van der Waals surface area contributed by atoms with Crippen LogP contribution in [0.4, 0.5) is 0 Å². The van der Waals surface area contributed by atoms with Crippen molar-refractivity contribution in [3.05, 3.63) is 22.4 Å².